The zero-order valence-electron chi connectivity index (χ0n) is 16.4. The number of hydrogen-bond donors (Lipinski definition) is 0. The van der Waals surface area contributed by atoms with Crippen molar-refractivity contribution in [3.05, 3.63) is 75.5 Å². The third-order valence-corrected chi connectivity index (χ3v) is 8.53. The first-order valence-electron chi connectivity index (χ1n) is 9.53. The molecule has 2 aromatic carbocycles. The lowest BCUT2D eigenvalue weighted by Crippen LogP contribution is -2.48. The molecule has 9 heteroatoms. The Morgan fingerprint density at radius 3 is 2.57 bits per heavy atom. The van der Waals surface area contributed by atoms with Gasteiger partial charge in [-0.15, -0.1) is 11.3 Å². The van der Waals surface area contributed by atoms with E-state index in [-0.39, 0.29) is 9.92 Å². The summed E-state index contributed by atoms with van der Waals surface area (Å²) in [5.41, 5.74) is 3.50. The topological polar surface area (TPSA) is 53.5 Å². The highest BCUT2D eigenvalue weighted by Crippen LogP contribution is 2.28. The fourth-order valence-electron chi connectivity index (χ4n) is 3.47. The highest BCUT2D eigenvalue weighted by molar-refractivity contribution is 7.89. The van der Waals surface area contributed by atoms with Crippen molar-refractivity contribution in [3.63, 3.8) is 0 Å². The van der Waals surface area contributed by atoms with Gasteiger partial charge in [-0.3, -0.25) is 0 Å². The van der Waals surface area contributed by atoms with Crippen molar-refractivity contribution in [2.45, 2.75) is 18.2 Å². The molecule has 1 aliphatic heterocycles. The Bertz CT molecular complexity index is 1160. The SMILES string of the molecule is Cc1ccccc1Cc1csc(N2CCN(S(=O)(=O)c3ccc(F)cc3Cl)CC2)n1. The molecule has 0 saturated carbocycles. The fraction of sp³-hybridized carbons (Fsp3) is 0.286. The minimum absolute atomic E-state index is 0.0613. The first kappa shape index (κ1) is 21.2. The van der Waals surface area contributed by atoms with Crippen LogP contribution in [-0.2, 0) is 16.4 Å². The Balaban J connectivity index is 1.42. The molecule has 0 bridgehead atoms. The van der Waals surface area contributed by atoms with Crippen molar-refractivity contribution < 1.29 is 12.8 Å². The first-order valence-corrected chi connectivity index (χ1v) is 12.2. The molecule has 0 atom stereocenters. The van der Waals surface area contributed by atoms with Gasteiger partial charge in [-0.1, -0.05) is 35.9 Å². The van der Waals surface area contributed by atoms with E-state index in [1.807, 2.05) is 12.1 Å². The van der Waals surface area contributed by atoms with E-state index >= 15 is 0 Å². The van der Waals surface area contributed by atoms with Gasteiger partial charge in [0.05, 0.1) is 10.7 Å². The monoisotopic (exact) mass is 465 g/mol. The number of hydrogen-bond acceptors (Lipinski definition) is 5. The van der Waals surface area contributed by atoms with Gasteiger partial charge in [0.25, 0.3) is 0 Å². The minimum atomic E-state index is -3.76. The van der Waals surface area contributed by atoms with Crippen LogP contribution in [0, 0.1) is 12.7 Å². The normalized spacial score (nSPS) is 15.5. The summed E-state index contributed by atoms with van der Waals surface area (Å²) in [5, 5.41) is 2.86. The number of aromatic nitrogens is 1. The second kappa shape index (κ2) is 8.63. The Morgan fingerprint density at radius 2 is 1.87 bits per heavy atom. The average Bonchev–Trinajstić information content (AvgIpc) is 3.18. The van der Waals surface area contributed by atoms with Gasteiger partial charge >= 0.3 is 0 Å². The number of piperazine rings is 1. The first-order chi connectivity index (χ1) is 14.3. The lowest BCUT2D eigenvalue weighted by molar-refractivity contribution is 0.384. The molecule has 1 aromatic heterocycles. The van der Waals surface area contributed by atoms with E-state index in [9.17, 15) is 12.8 Å². The molecule has 0 aliphatic carbocycles. The number of halogens is 2. The quantitative estimate of drug-likeness (QED) is 0.562. The second-order valence-corrected chi connectivity index (χ2v) is 10.3. The van der Waals surface area contributed by atoms with Crippen LogP contribution in [0.2, 0.25) is 5.02 Å². The van der Waals surface area contributed by atoms with Crippen LogP contribution in [0.3, 0.4) is 0 Å². The molecular formula is C21H21ClFN3O2S2. The van der Waals surface area contributed by atoms with Gasteiger partial charge in [-0.05, 0) is 36.2 Å². The molecule has 2 heterocycles. The molecule has 1 aliphatic rings. The van der Waals surface area contributed by atoms with Crippen molar-refractivity contribution in [2.24, 2.45) is 0 Å². The van der Waals surface area contributed by atoms with Crippen molar-refractivity contribution in [2.75, 3.05) is 31.1 Å². The fourth-order valence-corrected chi connectivity index (χ4v) is 6.28. The molecule has 5 nitrogen and oxygen atoms in total. The van der Waals surface area contributed by atoms with Gasteiger partial charge in [-0.2, -0.15) is 4.31 Å². The van der Waals surface area contributed by atoms with Crippen molar-refractivity contribution in [3.8, 4) is 0 Å². The average molecular weight is 466 g/mol. The van der Waals surface area contributed by atoms with Crippen molar-refractivity contribution in [1.29, 1.82) is 0 Å². The van der Waals surface area contributed by atoms with E-state index in [1.165, 1.54) is 21.5 Å². The maximum absolute atomic E-state index is 13.3. The number of anilines is 1. The number of rotatable bonds is 5. The molecule has 0 N–H and O–H groups in total. The number of aryl methyl sites for hydroxylation is 1. The summed E-state index contributed by atoms with van der Waals surface area (Å²) in [6.45, 7) is 3.81. The summed E-state index contributed by atoms with van der Waals surface area (Å²) in [7, 11) is -3.76. The molecular weight excluding hydrogens is 445 g/mol. The summed E-state index contributed by atoms with van der Waals surface area (Å²) in [4.78, 5) is 6.79. The summed E-state index contributed by atoms with van der Waals surface area (Å²) in [6, 6.07) is 11.6. The van der Waals surface area contributed by atoms with Gasteiger partial charge < -0.3 is 4.90 Å². The van der Waals surface area contributed by atoms with E-state index in [1.54, 1.807) is 11.3 Å². The van der Waals surface area contributed by atoms with Crippen LogP contribution in [0.15, 0.2) is 52.7 Å². The largest absolute Gasteiger partial charge is 0.345 e. The second-order valence-electron chi connectivity index (χ2n) is 7.19. The van der Waals surface area contributed by atoms with Gasteiger partial charge in [-0.25, -0.2) is 17.8 Å². The summed E-state index contributed by atoms with van der Waals surface area (Å²) < 4.78 is 40.4. The number of benzene rings is 2. The number of nitrogens with zero attached hydrogens (tertiary/aromatic N) is 3. The third-order valence-electron chi connectivity index (χ3n) is 5.19. The molecule has 30 heavy (non-hydrogen) atoms. The Hall–Kier alpha value is -2.00. The van der Waals surface area contributed by atoms with Crippen LogP contribution in [-0.4, -0.2) is 43.9 Å². The lowest BCUT2D eigenvalue weighted by Gasteiger charge is -2.33. The molecule has 0 spiro atoms. The van der Waals surface area contributed by atoms with Gasteiger partial charge in [0.1, 0.15) is 10.7 Å². The molecule has 4 rings (SSSR count). The zero-order chi connectivity index (χ0) is 21.3. The van der Waals surface area contributed by atoms with E-state index in [4.69, 9.17) is 16.6 Å². The Kier molecular flexibility index (Phi) is 6.11. The number of sulfonamides is 1. The smallest absolute Gasteiger partial charge is 0.244 e. The molecule has 158 valence electrons. The highest BCUT2D eigenvalue weighted by atomic mass is 35.5. The lowest BCUT2D eigenvalue weighted by atomic mass is 10.1. The van der Waals surface area contributed by atoms with Crippen LogP contribution < -0.4 is 4.90 Å². The summed E-state index contributed by atoms with van der Waals surface area (Å²) in [6.07, 6.45) is 0.778. The van der Waals surface area contributed by atoms with Crippen LogP contribution >= 0.6 is 22.9 Å². The molecule has 1 saturated heterocycles. The summed E-state index contributed by atoms with van der Waals surface area (Å²) >= 11 is 7.55. The number of thiazole rings is 1. The summed E-state index contributed by atoms with van der Waals surface area (Å²) in [5.74, 6) is -0.561. The van der Waals surface area contributed by atoms with E-state index in [2.05, 4.69) is 29.3 Å². The van der Waals surface area contributed by atoms with Crippen LogP contribution in [0.5, 0.6) is 0 Å². The predicted molar refractivity (Wildman–Crippen MR) is 118 cm³/mol. The highest BCUT2D eigenvalue weighted by Gasteiger charge is 2.31. The Labute approximate surface area is 184 Å². The van der Waals surface area contributed by atoms with E-state index < -0.39 is 15.8 Å². The van der Waals surface area contributed by atoms with E-state index in [0.29, 0.717) is 26.2 Å². The maximum Gasteiger partial charge on any atom is 0.244 e. The van der Waals surface area contributed by atoms with Gasteiger partial charge in [0.2, 0.25) is 10.0 Å². The zero-order valence-corrected chi connectivity index (χ0v) is 18.8. The van der Waals surface area contributed by atoms with Crippen molar-refractivity contribution in [1.82, 2.24) is 9.29 Å². The van der Waals surface area contributed by atoms with Crippen LogP contribution in [0.1, 0.15) is 16.8 Å². The van der Waals surface area contributed by atoms with E-state index in [0.717, 1.165) is 29.4 Å². The standard InChI is InChI=1S/C21H21ClFN3O2S2/c1-15-4-2-3-5-16(15)12-18-14-29-21(24-18)25-8-10-26(11-9-25)30(27,28)20-7-6-17(23)13-19(20)22/h2-7,13-14H,8-12H2,1H3. The Morgan fingerprint density at radius 1 is 1.13 bits per heavy atom. The van der Waals surface area contributed by atoms with Crippen LogP contribution in [0.25, 0.3) is 0 Å². The minimum Gasteiger partial charge on any atom is -0.345 e. The molecule has 0 radical (unpaired) electrons. The van der Waals surface area contributed by atoms with Gasteiger partial charge in [0.15, 0.2) is 5.13 Å². The molecule has 1 fully saturated rings. The molecule has 0 unspecified atom stereocenters. The molecule has 3 aromatic rings. The maximum atomic E-state index is 13.3. The third kappa shape index (κ3) is 4.37. The van der Waals surface area contributed by atoms with Crippen molar-refractivity contribution >= 4 is 38.1 Å². The molecule has 0 amide bonds. The van der Waals surface area contributed by atoms with Crippen LogP contribution in [0.4, 0.5) is 9.52 Å². The predicted octanol–water partition coefficient (Wildman–Crippen LogP) is 4.35. The van der Waals surface area contributed by atoms with Gasteiger partial charge in [0, 0.05) is 38.0 Å².